The minimum Gasteiger partial charge on any atom is -0.507 e. The number of phenolic OH excluding ortho intramolecular Hbond substituents is 1. The molecule has 0 saturated heterocycles. The van der Waals surface area contributed by atoms with E-state index in [0.29, 0.717) is 23.2 Å². The summed E-state index contributed by atoms with van der Waals surface area (Å²) in [5.41, 5.74) is 5.83. The monoisotopic (exact) mass is 430 g/mol. The molecule has 0 spiro atoms. The van der Waals surface area contributed by atoms with Crippen molar-refractivity contribution >= 4 is 23.8 Å². The second-order valence-corrected chi connectivity index (χ2v) is 6.91. The summed E-state index contributed by atoms with van der Waals surface area (Å²) in [5.74, 6) is 1.55. The van der Waals surface area contributed by atoms with E-state index in [9.17, 15) is 5.11 Å². The highest BCUT2D eigenvalue weighted by atomic mass is 16.5. The maximum absolute atomic E-state index is 10.0. The summed E-state index contributed by atoms with van der Waals surface area (Å²) in [6, 6.07) is 16.4. The van der Waals surface area contributed by atoms with E-state index in [1.807, 2.05) is 50.2 Å². The summed E-state index contributed by atoms with van der Waals surface area (Å²) in [7, 11) is 1.55. The Balaban J connectivity index is 1.65. The van der Waals surface area contributed by atoms with Crippen LogP contribution in [0.3, 0.4) is 0 Å². The van der Waals surface area contributed by atoms with Gasteiger partial charge in [0.25, 0.3) is 5.95 Å². The Morgan fingerprint density at radius 3 is 2.50 bits per heavy atom. The zero-order valence-electron chi connectivity index (χ0n) is 17.8. The molecule has 0 atom stereocenters. The second kappa shape index (κ2) is 9.13. The fourth-order valence-corrected chi connectivity index (χ4v) is 2.97. The molecule has 4 rings (SSSR count). The molecule has 0 radical (unpaired) electrons. The molecule has 10 heteroatoms. The molecular weight excluding hydrogens is 408 g/mol. The molecule has 162 valence electrons. The van der Waals surface area contributed by atoms with Crippen LogP contribution in [-0.4, -0.2) is 43.2 Å². The van der Waals surface area contributed by atoms with Gasteiger partial charge < -0.3 is 15.2 Å². The third-order valence-electron chi connectivity index (χ3n) is 4.46. The lowest BCUT2D eigenvalue weighted by Crippen LogP contribution is -2.11. The predicted octanol–water partition coefficient (Wildman–Crippen LogP) is 3.58. The van der Waals surface area contributed by atoms with Gasteiger partial charge in [-0.2, -0.15) is 25.2 Å². The van der Waals surface area contributed by atoms with Gasteiger partial charge in [-0.15, -0.1) is 0 Å². The van der Waals surface area contributed by atoms with Crippen LogP contribution in [0.1, 0.15) is 17.0 Å². The Hall–Kier alpha value is -4.47. The molecule has 3 N–H and O–H groups in total. The van der Waals surface area contributed by atoms with Crippen molar-refractivity contribution in [3.8, 4) is 17.4 Å². The van der Waals surface area contributed by atoms with Gasteiger partial charge in [-0.1, -0.05) is 18.2 Å². The SMILES string of the molecule is COc1ccc(O)c(C=NNc2nc(Nc3ccccc3)nc(-n3nc(C)cc3C)n2)c1. The van der Waals surface area contributed by atoms with Crippen molar-refractivity contribution < 1.29 is 9.84 Å². The summed E-state index contributed by atoms with van der Waals surface area (Å²) in [6.45, 7) is 3.82. The molecule has 0 aliphatic heterocycles. The number of para-hydroxylation sites is 1. The molecular formula is C22H22N8O2. The van der Waals surface area contributed by atoms with Gasteiger partial charge in [0.15, 0.2) is 0 Å². The minimum absolute atomic E-state index is 0.0711. The number of anilines is 3. The van der Waals surface area contributed by atoms with Crippen molar-refractivity contribution in [2.24, 2.45) is 5.10 Å². The van der Waals surface area contributed by atoms with E-state index >= 15 is 0 Å². The quantitative estimate of drug-likeness (QED) is 0.300. The maximum Gasteiger partial charge on any atom is 0.257 e. The van der Waals surface area contributed by atoms with Gasteiger partial charge in [-0.3, -0.25) is 0 Å². The van der Waals surface area contributed by atoms with Crippen LogP contribution >= 0.6 is 0 Å². The molecule has 0 bridgehead atoms. The van der Waals surface area contributed by atoms with Crippen LogP contribution in [0, 0.1) is 13.8 Å². The third-order valence-corrected chi connectivity index (χ3v) is 4.46. The highest BCUT2D eigenvalue weighted by Crippen LogP contribution is 2.21. The molecule has 0 unspecified atom stereocenters. The van der Waals surface area contributed by atoms with Gasteiger partial charge in [-0.05, 0) is 50.2 Å². The Kier molecular flexibility index (Phi) is 5.93. The molecule has 0 saturated carbocycles. The van der Waals surface area contributed by atoms with Gasteiger partial charge in [0.2, 0.25) is 11.9 Å². The van der Waals surface area contributed by atoms with Crippen molar-refractivity contribution in [1.29, 1.82) is 0 Å². The predicted molar refractivity (Wildman–Crippen MR) is 122 cm³/mol. The first-order valence-corrected chi connectivity index (χ1v) is 9.79. The second-order valence-electron chi connectivity index (χ2n) is 6.91. The van der Waals surface area contributed by atoms with Gasteiger partial charge in [0, 0.05) is 16.9 Å². The van der Waals surface area contributed by atoms with Crippen LogP contribution in [0.25, 0.3) is 5.95 Å². The summed E-state index contributed by atoms with van der Waals surface area (Å²) < 4.78 is 6.82. The topological polar surface area (TPSA) is 122 Å². The van der Waals surface area contributed by atoms with Crippen molar-refractivity contribution in [3.63, 3.8) is 0 Å². The molecule has 32 heavy (non-hydrogen) atoms. The van der Waals surface area contributed by atoms with Gasteiger partial charge in [-0.25, -0.2) is 10.1 Å². The molecule has 0 aliphatic rings. The Bertz CT molecular complexity index is 1250. The zero-order valence-corrected chi connectivity index (χ0v) is 17.8. The molecule has 2 heterocycles. The molecule has 4 aromatic rings. The van der Waals surface area contributed by atoms with Crippen molar-refractivity contribution in [2.45, 2.75) is 13.8 Å². The number of methoxy groups -OCH3 is 1. The molecule has 10 nitrogen and oxygen atoms in total. The third kappa shape index (κ3) is 4.81. The fourth-order valence-electron chi connectivity index (χ4n) is 2.97. The number of phenols is 1. The molecule has 0 fully saturated rings. The number of hydrogen-bond acceptors (Lipinski definition) is 9. The number of rotatable bonds is 7. The van der Waals surface area contributed by atoms with E-state index in [4.69, 9.17) is 4.74 Å². The minimum atomic E-state index is 0.0711. The lowest BCUT2D eigenvalue weighted by molar-refractivity contribution is 0.412. The summed E-state index contributed by atoms with van der Waals surface area (Å²) in [5, 5.41) is 21.8. The summed E-state index contributed by atoms with van der Waals surface area (Å²) >= 11 is 0. The first-order chi connectivity index (χ1) is 15.5. The number of nitrogens with one attached hydrogen (secondary N) is 2. The lowest BCUT2D eigenvalue weighted by Gasteiger charge is -2.09. The summed E-state index contributed by atoms with van der Waals surface area (Å²) in [4.78, 5) is 13.3. The average molecular weight is 430 g/mol. The van der Waals surface area contributed by atoms with Crippen LogP contribution < -0.4 is 15.5 Å². The highest BCUT2D eigenvalue weighted by molar-refractivity contribution is 5.84. The Labute approximate surface area is 184 Å². The van der Waals surface area contributed by atoms with Gasteiger partial charge >= 0.3 is 0 Å². The lowest BCUT2D eigenvalue weighted by atomic mass is 10.2. The standard InChI is InChI=1S/C22H22N8O2/c1-14-11-15(2)30(29-14)22-26-20(24-17-7-5-4-6-8-17)25-21(27-22)28-23-13-16-12-18(32-3)9-10-19(16)31/h4-13,31H,1-3H3,(H2,24,25,26,27,28). The maximum atomic E-state index is 10.0. The number of hydrogen-bond donors (Lipinski definition) is 3. The number of nitrogens with zero attached hydrogens (tertiary/aromatic N) is 6. The Morgan fingerprint density at radius 2 is 1.78 bits per heavy atom. The van der Waals surface area contributed by atoms with Crippen LogP contribution in [0.15, 0.2) is 59.7 Å². The normalized spacial score (nSPS) is 11.0. The molecule has 0 amide bonds. The molecule has 2 aromatic heterocycles. The van der Waals surface area contributed by atoms with E-state index in [1.165, 1.54) is 12.3 Å². The number of aromatic nitrogens is 5. The van der Waals surface area contributed by atoms with E-state index in [0.717, 1.165) is 17.1 Å². The van der Waals surface area contributed by atoms with Crippen LogP contribution in [-0.2, 0) is 0 Å². The van der Waals surface area contributed by atoms with E-state index in [-0.39, 0.29) is 11.7 Å². The first kappa shape index (κ1) is 20.8. The smallest absolute Gasteiger partial charge is 0.257 e. The highest BCUT2D eigenvalue weighted by Gasteiger charge is 2.12. The number of ether oxygens (including phenoxy) is 1. The number of aromatic hydroxyl groups is 1. The van der Waals surface area contributed by atoms with Crippen molar-refractivity contribution in [1.82, 2.24) is 24.7 Å². The van der Waals surface area contributed by atoms with Gasteiger partial charge in [0.1, 0.15) is 11.5 Å². The number of benzene rings is 2. The number of aryl methyl sites for hydroxylation is 2. The van der Waals surface area contributed by atoms with Crippen LogP contribution in [0.2, 0.25) is 0 Å². The van der Waals surface area contributed by atoms with Crippen molar-refractivity contribution in [2.75, 3.05) is 17.9 Å². The summed E-state index contributed by atoms with van der Waals surface area (Å²) in [6.07, 6.45) is 1.45. The first-order valence-electron chi connectivity index (χ1n) is 9.79. The van der Waals surface area contributed by atoms with E-state index in [1.54, 1.807) is 23.9 Å². The molecule has 0 aliphatic carbocycles. The van der Waals surface area contributed by atoms with Crippen molar-refractivity contribution in [3.05, 3.63) is 71.5 Å². The zero-order chi connectivity index (χ0) is 22.5. The Morgan fingerprint density at radius 1 is 1.00 bits per heavy atom. The number of hydrazone groups is 1. The largest absolute Gasteiger partial charge is 0.507 e. The average Bonchev–Trinajstić information content (AvgIpc) is 3.13. The molecule has 2 aromatic carbocycles. The van der Waals surface area contributed by atoms with Gasteiger partial charge in [0.05, 0.1) is 19.0 Å². The fraction of sp³-hybridized carbons (Fsp3) is 0.136. The van der Waals surface area contributed by atoms with E-state index < -0.39 is 0 Å². The van der Waals surface area contributed by atoms with E-state index in [2.05, 4.69) is 35.9 Å². The van der Waals surface area contributed by atoms with Crippen LogP contribution in [0.4, 0.5) is 17.6 Å². The van der Waals surface area contributed by atoms with Crippen LogP contribution in [0.5, 0.6) is 11.5 Å².